The largest absolute Gasteiger partial charge is 0.365 e. The zero-order valence-electron chi connectivity index (χ0n) is 8.95. The molecule has 0 aromatic heterocycles. The van der Waals surface area contributed by atoms with E-state index in [1.54, 1.807) is 6.92 Å². The summed E-state index contributed by atoms with van der Waals surface area (Å²) >= 11 is 0. The Kier molecular flexibility index (Phi) is 4.35. The van der Waals surface area contributed by atoms with Crippen molar-refractivity contribution in [3.8, 4) is 0 Å². The molecule has 0 aromatic carbocycles. The first-order valence-corrected chi connectivity index (χ1v) is 5.32. The summed E-state index contributed by atoms with van der Waals surface area (Å²) in [4.78, 5) is 11.4. The molecule has 82 valence electrons. The maximum absolute atomic E-state index is 11.4. The molecule has 4 heteroatoms. The van der Waals surface area contributed by atoms with Crippen LogP contribution in [0.1, 0.15) is 33.1 Å². The smallest absolute Gasteiger partial charge is 0.248 e. The van der Waals surface area contributed by atoms with Crippen LogP contribution >= 0.6 is 0 Å². The molecule has 0 bridgehead atoms. The van der Waals surface area contributed by atoms with Gasteiger partial charge in [0.2, 0.25) is 5.91 Å². The maximum atomic E-state index is 11.4. The lowest BCUT2D eigenvalue weighted by molar-refractivity contribution is -0.139. The number of amides is 1. The molecule has 0 spiro atoms. The Balaban J connectivity index is 2.14. The van der Waals surface area contributed by atoms with Crippen molar-refractivity contribution in [1.82, 2.24) is 5.32 Å². The van der Waals surface area contributed by atoms with Gasteiger partial charge in [-0.3, -0.25) is 4.79 Å². The van der Waals surface area contributed by atoms with Crippen LogP contribution in [0, 0.1) is 0 Å². The van der Waals surface area contributed by atoms with Gasteiger partial charge in [0.25, 0.3) is 0 Å². The van der Waals surface area contributed by atoms with Crippen LogP contribution in [0.25, 0.3) is 0 Å². The molecule has 4 nitrogen and oxygen atoms in total. The number of ether oxygens (including phenoxy) is 1. The zero-order chi connectivity index (χ0) is 10.6. The highest BCUT2D eigenvalue weighted by molar-refractivity contribution is 5.80. The van der Waals surface area contributed by atoms with Crippen LogP contribution in [0.3, 0.4) is 0 Å². The summed E-state index contributed by atoms with van der Waals surface area (Å²) in [5.41, 5.74) is 5.62. The fraction of sp³-hybridized carbons (Fsp3) is 0.900. The molecule has 1 rings (SSSR count). The van der Waals surface area contributed by atoms with Crippen LogP contribution in [-0.4, -0.2) is 30.7 Å². The summed E-state index contributed by atoms with van der Waals surface area (Å²) in [5.74, 6) is -0.0210. The van der Waals surface area contributed by atoms with Crippen molar-refractivity contribution in [2.45, 2.75) is 51.4 Å². The third-order valence-electron chi connectivity index (χ3n) is 2.45. The quantitative estimate of drug-likeness (QED) is 0.675. The number of hydrogen-bond donors (Lipinski definition) is 2. The summed E-state index contributed by atoms with van der Waals surface area (Å²) in [6.45, 7) is 4.53. The van der Waals surface area contributed by atoms with Crippen molar-refractivity contribution >= 4 is 5.91 Å². The Morgan fingerprint density at radius 3 is 2.79 bits per heavy atom. The summed E-state index contributed by atoms with van der Waals surface area (Å²) in [6, 6.07) is 0.269. The highest BCUT2D eigenvalue weighted by Gasteiger charge is 2.29. The molecule has 3 N–H and O–H groups in total. The van der Waals surface area contributed by atoms with Gasteiger partial charge in [0.1, 0.15) is 6.10 Å². The molecule has 1 fully saturated rings. The van der Waals surface area contributed by atoms with Gasteiger partial charge in [-0.25, -0.2) is 0 Å². The van der Waals surface area contributed by atoms with Crippen molar-refractivity contribution in [1.29, 1.82) is 0 Å². The third kappa shape index (κ3) is 3.27. The first kappa shape index (κ1) is 11.5. The molecular formula is C10H20N2O2. The Hall–Kier alpha value is -0.610. The lowest BCUT2D eigenvalue weighted by Crippen LogP contribution is -2.46. The van der Waals surface area contributed by atoms with Crippen molar-refractivity contribution in [3.05, 3.63) is 0 Å². The molecule has 1 atom stereocenters. The van der Waals surface area contributed by atoms with Gasteiger partial charge in [-0.1, -0.05) is 6.92 Å². The molecule has 1 aliphatic rings. The van der Waals surface area contributed by atoms with Crippen LogP contribution in [0.15, 0.2) is 0 Å². The Morgan fingerprint density at radius 2 is 2.29 bits per heavy atom. The number of nitrogens with two attached hydrogens (primary N) is 1. The first-order valence-electron chi connectivity index (χ1n) is 5.32. The normalized spacial score (nSPS) is 27.9. The molecule has 0 aliphatic heterocycles. The van der Waals surface area contributed by atoms with E-state index in [0.29, 0.717) is 0 Å². The number of carbonyl (C=O) groups is 1. The van der Waals surface area contributed by atoms with Gasteiger partial charge in [-0.2, -0.15) is 0 Å². The van der Waals surface area contributed by atoms with Gasteiger partial charge in [0, 0.05) is 12.6 Å². The van der Waals surface area contributed by atoms with Gasteiger partial charge in [0.05, 0.1) is 6.10 Å². The molecule has 0 radical (unpaired) electrons. The summed E-state index contributed by atoms with van der Waals surface area (Å²) in [5, 5.41) is 2.80. The fourth-order valence-electron chi connectivity index (χ4n) is 1.46. The van der Waals surface area contributed by atoms with E-state index in [9.17, 15) is 4.79 Å². The minimum Gasteiger partial charge on any atom is -0.365 e. The first-order chi connectivity index (χ1) is 6.63. The van der Waals surface area contributed by atoms with Crippen LogP contribution in [0.2, 0.25) is 0 Å². The average molecular weight is 200 g/mol. The van der Waals surface area contributed by atoms with Gasteiger partial charge in [-0.05, 0) is 26.2 Å². The van der Waals surface area contributed by atoms with E-state index < -0.39 is 0 Å². The molecular weight excluding hydrogens is 180 g/mol. The number of carbonyl (C=O) groups excluding carboxylic acids is 1. The SMILES string of the molecule is CCCNC(=O)C(C)OC1CC(N)C1. The second kappa shape index (κ2) is 5.32. The number of hydrogen-bond acceptors (Lipinski definition) is 3. The molecule has 0 heterocycles. The van der Waals surface area contributed by atoms with Crippen molar-refractivity contribution in [2.75, 3.05) is 6.54 Å². The van der Waals surface area contributed by atoms with E-state index in [-0.39, 0.29) is 24.2 Å². The van der Waals surface area contributed by atoms with Gasteiger partial charge >= 0.3 is 0 Å². The topological polar surface area (TPSA) is 64.3 Å². The van der Waals surface area contributed by atoms with E-state index in [0.717, 1.165) is 25.8 Å². The minimum absolute atomic E-state index is 0.0210. The second-order valence-electron chi connectivity index (χ2n) is 3.92. The van der Waals surface area contributed by atoms with Crippen molar-refractivity contribution in [3.63, 3.8) is 0 Å². The zero-order valence-corrected chi connectivity index (χ0v) is 8.95. The highest BCUT2D eigenvalue weighted by Crippen LogP contribution is 2.22. The summed E-state index contributed by atoms with van der Waals surface area (Å²) in [6.07, 6.45) is 2.55. The second-order valence-corrected chi connectivity index (χ2v) is 3.92. The van der Waals surface area contributed by atoms with Gasteiger partial charge in [-0.15, -0.1) is 0 Å². The molecule has 1 amide bonds. The van der Waals surface area contributed by atoms with E-state index in [2.05, 4.69) is 5.32 Å². The predicted molar refractivity (Wildman–Crippen MR) is 54.8 cm³/mol. The highest BCUT2D eigenvalue weighted by atomic mass is 16.5. The van der Waals surface area contributed by atoms with Crippen LogP contribution in [-0.2, 0) is 9.53 Å². The average Bonchev–Trinajstić information content (AvgIpc) is 2.11. The molecule has 0 saturated heterocycles. The van der Waals surface area contributed by atoms with E-state index in [4.69, 9.17) is 10.5 Å². The summed E-state index contributed by atoms with van der Waals surface area (Å²) < 4.78 is 5.52. The predicted octanol–water partition coefficient (Wildman–Crippen LogP) is 0.407. The van der Waals surface area contributed by atoms with E-state index >= 15 is 0 Å². The standard InChI is InChI=1S/C10H20N2O2/c1-3-4-12-10(13)7(2)14-9-5-8(11)6-9/h7-9H,3-6,11H2,1-2H3,(H,12,13). The molecule has 1 unspecified atom stereocenters. The number of rotatable bonds is 5. The van der Waals surface area contributed by atoms with Crippen LogP contribution in [0.5, 0.6) is 0 Å². The van der Waals surface area contributed by atoms with E-state index in [1.807, 2.05) is 6.92 Å². The minimum atomic E-state index is -0.348. The maximum Gasteiger partial charge on any atom is 0.248 e. The monoisotopic (exact) mass is 200 g/mol. The lowest BCUT2D eigenvalue weighted by atomic mass is 9.90. The Morgan fingerprint density at radius 1 is 1.64 bits per heavy atom. The Labute approximate surface area is 85.2 Å². The number of nitrogens with one attached hydrogen (secondary N) is 1. The van der Waals surface area contributed by atoms with Crippen LogP contribution in [0.4, 0.5) is 0 Å². The molecule has 1 aliphatic carbocycles. The molecule has 1 saturated carbocycles. The summed E-state index contributed by atoms with van der Waals surface area (Å²) in [7, 11) is 0. The van der Waals surface area contributed by atoms with Crippen LogP contribution < -0.4 is 11.1 Å². The van der Waals surface area contributed by atoms with Crippen molar-refractivity contribution < 1.29 is 9.53 Å². The lowest BCUT2D eigenvalue weighted by Gasteiger charge is -2.33. The van der Waals surface area contributed by atoms with Gasteiger partial charge in [0.15, 0.2) is 0 Å². The third-order valence-corrected chi connectivity index (χ3v) is 2.45. The fourth-order valence-corrected chi connectivity index (χ4v) is 1.46. The molecule has 0 aromatic rings. The van der Waals surface area contributed by atoms with E-state index in [1.165, 1.54) is 0 Å². The van der Waals surface area contributed by atoms with Gasteiger partial charge < -0.3 is 15.8 Å². The van der Waals surface area contributed by atoms with Crippen molar-refractivity contribution in [2.24, 2.45) is 5.73 Å². The molecule has 14 heavy (non-hydrogen) atoms. The Bertz CT molecular complexity index is 191.